The van der Waals surface area contributed by atoms with E-state index < -0.39 is 12.1 Å². The standard InChI is InChI=1S/C15H16ClN3O3/c1-10(14(20)17-9-13-6-3-7-22-13)18-15(21)19-12-5-2-4-11(16)8-12/h2-8,10H,9H2,1H3,(H,17,20)(H2,18,19,21)/t10-/m0/s1. The van der Waals surface area contributed by atoms with Gasteiger partial charge in [-0.25, -0.2) is 4.79 Å². The van der Waals surface area contributed by atoms with Gasteiger partial charge in [0.15, 0.2) is 0 Å². The maximum absolute atomic E-state index is 11.9. The summed E-state index contributed by atoms with van der Waals surface area (Å²) in [7, 11) is 0. The van der Waals surface area contributed by atoms with Gasteiger partial charge in [0.1, 0.15) is 11.8 Å². The van der Waals surface area contributed by atoms with Crippen LogP contribution < -0.4 is 16.0 Å². The van der Waals surface area contributed by atoms with Crippen molar-refractivity contribution in [2.75, 3.05) is 5.32 Å². The van der Waals surface area contributed by atoms with Crippen molar-refractivity contribution in [3.8, 4) is 0 Å². The summed E-state index contributed by atoms with van der Waals surface area (Å²) in [5.41, 5.74) is 0.549. The van der Waals surface area contributed by atoms with Crippen LogP contribution in [0.15, 0.2) is 47.1 Å². The van der Waals surface area contributed by atoms with Crippen LogP contribution in [0.2, 0.25) is 5.02 Å². The highest BCUT2D eigenvalue weighted by Gasteiger charge is 2.15. The molecule has 0 aliphatic carbocycles. The van der Waals surface area contributed by atoms with E-state index in [1.807, 2.05) is 0 Å². The van der Waals surface area contributed by atoms with Crippen molar-refractivity contribution in [3.05, 3.63) is 53.4 Å². The highest BCUT2D eigenvalue weighted by molar-refractivity contribution is 6.30. The van der Waals surface area contributed by atoms with Gasteiger partial charge in [0, 0.05) is 10.7 Å². The highest BCUT2D eigenvalue weighted by atomic mass is 35.5. The highest BCUT2D eigenvalue weighted by Crippen LogP contribution is 2.14. The van der Waals surface area contributed by atoms with Crippen LogP contribution in [0.5, 0.6) is 0 Å². The summed E-state index contributed by atoms with van der Waals surface area (Å²) in [5.74, 6) is 0.335. The number of benzene rings is 1. The smallest absolute Gasteiger partial charge is 0.319 e. The molecule has 0 aliphatic rings. The summed E-state index contributed by atoms with van der Waals surface area (Å²) >= 11 is 5.83. The van der Waals surface area contributed by atoms with Gasteiger partial charge in [0.2, 0.25) is 5.91 Å². The molecule has 2 aromatic rings. The molecular formula is C15H16ClN3O3. The lowest BCUT2D eigenvalue weighted by atomic mass is 10.3. The van der Waals surface area contributed by atoms with Crippen LogP contribution in [-0.2, 0) is 11.3 Å². The van der Waals surface area contributed by atoms with Gasteiger partial charge in [0.05, 0.1) is 12.8 Å². The molecule has 116 valence electrons. The number of halogens is 1. The fourth-order valence-corrected chi connectivity index (χ4v) is 1.93. The molecule has 6 nitrogen and oxygen atoms in total. The molecule has 2 rings (SSSR count). The Morgan fingerprint density at radius 3 is 2.77 bits per heavy atom. The number of nitrogens with one attached hydrogen (secondary N) is 3. The molecule has 0 radical (unpaired) electrons. The Labute approximate surface area is 132 Å². The van der Waals surface area contributed by atoms with Crippen molar-refractivity contribution in [2.45, 2.75) is 19.5 Å². The summed E-state index contributed by atoms with van der Waals surface area (Å²) in [4.78, 5) is 23.7. The van der Waals surface area contributed by atoms with Gasteiger partial charge < -0.3 is 20.4 Å². The van der Waals surface area contributed by atoms with E-state index in [-0.39, 0.29) is 12.5 Å². The van der Waals surface area contributed by atoms with E-state index in [9.17, 15) is 9.59 Å². The summed E-state index contributed by atoms with van der Waals surface area (Å²) in [6.07, 6.45) is 1.53. The molecule has 0 spiro atoms. The van der Waals surface area contributed by atoms with Gasteiger partial charge in [-0.1, -0.05) is 17.7 Å². The second-order valence-electron chi connectivity index (χ2n) is 4.63. The number of amides is 3. The lowest BCUT2D eigenvalue weighted by molar-refractivity contribution is -0.122. The maximum Gasteiger partial charge on any atom is 0.319 e. The molecule has 0 saturated heterocycles. The van der Waals surface area contributed by atoms with Crippen LogP contribution >= 0.6 is 11.6 Å². The normalized spacial score (nSPS) is 11.5. The Morgan fingerprint density at radius 1 is 1.27 bits per heavy atom. The summed E-state index contributed by atoms with van der Waals surface area (Å²) in [6.45, 7) is 1.86. The van der Waals surface area contributed by atoms with Gasteiger partial charge in [0.25, 0.3) is 0 Å². The summed E-state index contributed by atoms with van der Waals surface area (Å²) < 4.78 is 5.11. The zero-order chi connectivity index (χ0) is 15.9. The molecule has 7 heteroatoms. The van der Waals surface area contributed by atoms with Gasteiger partial charge >= 0.3 is 6.03 Å². The van der Waals surface area contributed by atoms with Crippen molar-refractivity contribution in [1.82, 2.24) is 10.6 Å². The van der Waals surface area contributed by atoms with Crippen molar-refractivity contribution < 1.29 is 14.0 Å². The third kappa shape index (κ3) is 4.82. The van der Waals surface area contributed by atoms with Gasteiger partial charge in [-0.3, -0.25) is 4.79 Å². The molecule has 0 saturated carbocycles. The van der Waals surface area contributed by atoms with Crippen LogP contribution in [0.3, 0.4) is 0 Å². The van der Waals surface area contributed by atoms with Crippen LogP contribution in [0, 0.1) is 0 Å². The van der Waals surface area contributed by atoms with Crippen LogP contribution in [0.4, 0.5) is 10.5 Å². The number of carbonyl (C=O) groups excluding carboxylic acids is 2. The van der Waals surface area contributed by atoms with E-state index in [2.05, 4.69) is 16.0 Å². The van der Waals surface area contributed by atoms with E-state index >= 15 is 0 Å². The molecule has 0 fully saturated rings. The fourth-order valence-electron chi connectivity index (χ4n) is 1.74. The molecule has 1 heterocycles. The zero-order valence-electron chi connectivity index (χ0n) is 11.9. The topological polar surface area (TPSA) is 83.4 Å². The number of anilines is 1. The Balaban J connectivity index is 1.79. The number of hydrogen-bond donors (Lipinski definition) is 3. The molecule has 22 heavy (non-hydrogen) atoms. The summed E-state index contributed by atoms with van der Waals surface area (Å²) in [6, 6.07) is 9.06. The quantitative estimate of drug-likeness (QED) is 0.791. The van der Waals surface area contributed by atoms with Crippen LogP contribution in [0.1, 0.15) is 12.7 Å². The van der Waals surface area contributed by atoms with Crippen molar-refractivity contribution >= 4 is 29.2 Å². The minimum Gasteiger partial charge on any atom is -0.467 e. The Kier molecular flexibility index (Phi) is 5.43. The molecule has 0 unspecified atom stereocenters. The van der Waals surface area contributed by atoms with Gasteiger partial charge in [-0.05, 0) is 37.3 Å². The average Bonchev–Trinajstić information content (AvgIpc) is 2.97. The first-order valence-electron chi connectivity index (χ1n) is 6.68. The molecule has 1 aromatic carbocycles. The maximum atomic E-state index is 11.9. The minimum atomic E-state index is -0.686. The second kappa shape index (κ2) is 7.51. The molecule has 3 amide bonds. The molecular weight excluding hydrogens is 306 g/mol. The number of urea groups is 1. The average molecular weight is 322 g/mol. The predicted molar refractivity (Wildman–Crippen MR) is 83.6 cm³/mol. The lowest BCUT2D eigenvalue weighted by Crippen LogP contribution is -2.46. The molecule has 0 aliphatic heterocycles. The Bertz CT molecular complexity index is 643. The number of hydrogen-bond acceptors (Lipinski definition) is 3. The molecule has 0 bridgehead atoms. The number of carbonyl (C=O) groups is 2. The summed E-state index contributed by atoms with van der Waals surface area (Å²) in [5, 5.41) is 8.33. The molecule has 1 atom stereocenters. The van der Waals surface area contributed by atoms with Crippen LogP contribution in [0.25, 0.3) is 0 Å². The first kappa shape index (κ1) is 15.9. The van der Waals surface area contributed by atoms with Gasteiger partial charge in [-0.15, -0.1) is 0 Å². The Hall–Kier alpha value is -2.47. The van der Waals surface area contributed by atoms with Gasteiger partial charge in [-0.2, -0.15) is 0 Å². The van der Waals surface area contributed by atoms with Crippen molar-refractivity contribution in [1.29, 1.82) is 0 Å². The fraction of sp³-hybridized carbons (Fsp3) is 0.200. The lowest BCUT2D eigenvalue weighted by Gasteiger charge is -2.14. The van der Waals surface area contributed by atoms with E-state index in [0.717, 1.165) is 0 Å². The molecule has 3 N–H and O–H groups in total. The predicted octanol–water partition coefficient (Wildman–Crippen LogP) is 2.76. The number of rotatable bonds is 5. The first-order valence-corrected chi connectivity index (χ1v) is 7.05. The van der Waals surface area contributed by atoms with Crippen LogP contribution in [-0.4, -0.2) is 18.0 Å². The van der Waals surface area contributed by atoms with E-state index in [0.29, 0.717) is 16.5 Å². The minimum absolute atomic E-state index is 0.272. The monoisotopic (exact) mass is 321 g/mol. The SMILES string of the molecule is C[C@H](NC(=O)Nc1cccc(Cl)c1)C(=O)NCc1ccco1. The second-order valence-corrected chi connectivity index (χ2v) is 5.06. The first-order chi connectivity index (χ1) is 10.5. The largest absolute Gasteiger partial charge is 0.467 e. The zero-order valence-corrected chi connectivity index (χ0v) is 12.7. The van der Waals surface area contributed by atoms with E-state index in [1.54, 1.807) is 43.3 Å². The van der Waals surface area contributed by atoms with E-state index in [4.69, 9.17) is 16.0 Å². The van der Waals surface area contributed by atoms with Crippen molar-refractivity contribution in [2.24, 2.45) is 0 Å². The number of furan rings is 1. The van der Waals surface area contributed by atoms with E-state index in [1.165, 1.54) is 6.26 Å². The third-order valence-corrected chi connectivity index (χ3v) is 3.08. The molecule has 1 aromatic heterocycles. The van der Waals surface area contributed by atoms with Crippen molar-refractivity contribution in [3.63, 3.8) is 0 Å². The Morgan fingerprint density at radius 2 is 2.09 bits per heavy atom. The third-order valence-electron chi connectivity index (χ3n) is 2.84.